The molecule has 1 aromatic carbocycles. The minimum Gasteiger partial charge on any atom is -0.396 e. The van der Waals surface area contributed by atoms with Gasteiger partial charge in [-0.1, -0.05) is 0 Å². The van der Waals surface area contributed by atoms with E-state index in [1.54, 1.807) is 12.1 Å². The Morgan fingerprint density at radius 1 is 1.09 bits per heavy atom. The first kappa shape index (κ1) is 17.0. The van der Waals surface area contributed by atoms with Crippen LogP contribution in [-0.2, 0) is 10.1 Å². The molecule has 0 radical (unpaired) electrons. The van der Waals surface area contributed by atoms with Gasteiger partial charge in [0, 0.05) is 50.7 Å². The summed E-state index contributed by atoms with van der Waals surface area (Å²) in [4.78, 5) is 4.62. The molecule has 1 saturated heterocycles. The Labute approximate surface area is 131 Å². The molecule has 0 unspecified atom stereocenters. The van der Waals surface area contributed by atoms with E-state index in [0.717, 1.165) is 44.8 Å². The van der Waals surface area contributed by atoms with E-state index in [-0.39, 0.29) is 6.61 Å². The van der Waals surface area contributed by atoms with Crippen molar-refractivity contribution in [1.29, 1.82) is 0 Å². The van der Waals surface area contributed by atoms with Gasteiger partial charge in [-0.2, -0.15) is 8.42 Å². The zero-order chi connectivity index (χ0) is 16.0. The summed E-state index contributed by atoms with van der Waals surface area (Å²) in [6.45, 7) is 4.99. The first-order valence-corrected chi connectivity index (χ1v) is 8.96. The molecule has 0 amide bonds. The second kappa shape index (κ2) is 7.77. The van der Waals surface area contributed by atoms with Crippen molar-refractivity contribution >= 4 is 21.5 Å². The van der Waals surface area contributed by atoms with Crippen LogP contribution in [-0.4, -0.2) is 68.2 Å². The summed E-state index contributed by atoms with van der Waals surface area (Å²) in [7, 11) is -4.01. The van der Waals surface area contributed by atoms with Crippen molar-refractivity contribution in [1.82, 2.24) is 4.90 Å². The number of aliphatic hydroxyl groups excluding tert-OH is 1. The molecule has 1 aromatic rings. The van der Waals surface area contributed by atoms with Crippen molar-refractivity contribution in [2.75, 3.05) is 55.4 Å². The predicted molar refractivity (Wildman–Crippen MR) is 86.8 cm³/mol. The van der Waals surface area contributed by atoms with Crippen molar-refractivity contribution < 1.29 is 18.1 Å². The van der Waals surface area contributed by atoms with Gasteiger partial charge in [0.2, 0.25) is 0 Å². The predicted octanol–water partition coefficient (Wildman–Crippen LogP) is 0.448. The van der Waals surface area contributed by atoms with Crippen LogP contribution in [0.4, 0.5) is 11.4 Å². The van der Waals surface area contributed by atoms with Gasteiger partial charge in [-0.3, -0.25) is 9.45 Å². The Balaban J connectivity index is 1.84. The van der Waals surface area contributed by atoms with Crippen molar-refractivity contribution in [3.05, 3.63) is 24.3 Å². The van der Waals surface area contributed by atoms with E-state index in [4.69, 9.17) is 9.66 Å². The normalized spacial score (nSPS) is 16.7. The first-order chi connectivity index (χ1) is 10.5. The Morgan fingerprint density at radius 2 is 1.73 bits per heavy atom. The van der Waals surface area contributed by atoms with Gasteiger partial charge < -0.3 is 15.3 Å². The number of benzene rings is 1. The third-order valence-corrected chi connectivity index (χ3v) is 4.21. The second-order valence-electron chi connectivity index (χ2n) is 5.36. The van der Waals surface area contributed by atoms with Crippen molar-refractivity contribution in [2.24, 2.45) is 0 Å². The summed E-state index contributed by atoms with van der Waals surface area (Å²) >= 11 is 0. The highest BCUT2D eigenvalue weighted by molar-refractivity contribution is 7.85. The quantitative estimate of drug-likeness (QED) is 0.625. The van der Waals surface area contributed by atoms with Gasteiger partial charge in [0.15, 0.2) is 0 Å². The van der Waals surface area contributed by atoms with E-state index in [2.05, 4.69) is 15.1 Å². The van der Waals surface area contributed by atoms with E-state index in [9.17, 15) is 8.42 Å². The Hall–Kier alpha value is -1.35. The van der Waals surface area contributed by atoms with Crippen LogP contribution in [0.15, 0.2) is 24.3 Å². The first-order valence-electron chi connectivity index (χ1n) is 7.35. The van der Waals surface area contributed by atoms with Crippen LogP contribution >= 0.6 is 0 Å². The molecule has 7 nitrogen and oxygen atoms in total. The molecular formula is C14H23N3O4S. The smallest absolute Gasteiger partial charge is 0.283 e. The third kappa shape index (κ3) is 5.45. The molecule has 0 saturated carbocycles. The highest BCUT2D eigenvalue weighted by Gasteiger charge is 2.16. The summed E-state index contributed by atoms with van der Waals surface area (Å²) in [5.74, 6) is -0.490. The van der Waals surface area contributed by atoms with Crippen LogP contribution in [0.5, 0.6) is 0 Å². The molecule has 0 spiro atoms. The van der Waals surface area contributed by atoms with Crippen LogP contribution in [0.3, 0.4) is 0 Å². The number of hydrogen-bond donors (Lipinski definition) is 3. The molecular weight excluding hydrogens is 306 g/mol. The van der Waals surface area contributed by atoms with Gasteiger partial charge in [0.05, 0.1) is 0 Å². The molecule has 8 heteroatoms. The lowest BCUT2D eigenvalue weighted by Gasteiger charge is -2.36. The maximum absolute atomic E-state index is 10.7. The monoisotopic (exact) mass is 329 g/mol. The number of rotatable bonds is 7. The van der Waals surface area contributed by atoms with Gasteiger partial charge in [0.25, 0.3) is 10.1 Å². The maximum Gasteiger partial charge on any atom is 0.283 e. The average Bonchev–Trinajstić information content (AvgIpc) is 2.51. The van der Waals surface area contributed by atoms with Crippen LogP contribution in [0, 0.1) is 0 Å². The highest BCUT2D eigenvalue weighted by Crippen LogP contribution is 2.19. The Morgan fingerprint density at radius 3 is 2.27 bits per heavy atom. The number of aliphatic hydroxyl groups is 1. The fourth-order valence-corrected chi connectivity index (χ4v) is 2.84. The molecule has 22 heavy (non-hydrogen) atoms. The summed E-state index contributed by atoms with van der Waals surface area (Å²) in [5.41, 5.74) is 1.75. The third-order valence-electron chi connectivity index (χ3n) is 3.70. The molecule has 1 fully saturated rings. The molecule has 0 aromatic heterocycles. The Kier molecular flexibility index (Phi) is 6.01. The minimum atomic E-state index is -4.01. The van der Waals surface area contributed by atoms with Crippen molar-refractivity contribution in [2.45, 2.75) is 6.42 Å². The van der Waals surface area contributed by atoms with Crippen molar-refractivity contribution in [3.8, 4) is 0 Å². The van der Waals surface area contributed by atoms with E-state index in [0.29, 0.717) is 5.69 Å². The number of hydrogen-bond acceptors (Lipinski definition) is 6. The zero-order valence-corrected chi connectivity index (χ0v) is 13.3. The Bertz CT molecular complexity index is 554. The van der Waals surface area contributed by atoms with Crippen LogP contribution in [0.2, 0.25) is 0 Å². The molecule has 3 N–H and O–H groups in total. The van der Waals surface area contributed by atoms with E-state index >= 15 is 0 Å². The molecule has 124 valence electrons. The minimum absolute atomic E-state index is 0.234. The van der Waals surface area contributed by atoms with E-state index in [1.165, 1.54) is 0 Å². The van der Waals surface area contributed by atoms with Crippen molar-refractivity contribution in [3.63, 3.8) is 0 Å². The molecule has 1 aliphatic rings. The van der Waals surface area contributed by atoms with Crippen LogP contribution in [0.1, 0.15) is 6.42 Å². The lowest BCUT2D eigenvalue weighted by Crippen LogP contribution is -2.46. The van der Waals surface area contributed by atoms with E-state index < -0.39 is 16.0 Å². The van der Waals surface area contributed by atoms with Gasteiger partial charge in [-0.25, -0.2) is 0 Å². The SMILES string of the molecule is O=S(=O)(O)CNc1ccc(N2CCN(CCCO)CC2)cc1. The van der Waals surface area contributed by atoms with Gasteiger partial charge in [-0.05, 0) is 30.7 Å². The standard InChI is InChI=1S/C14H23N3O4S/c18-11-1-6-16-7-9-17(10-8-16)14-4-2-13(3-5-14)15-12-22(19,20)21/h2-5,15,18H,1,6-12H2,(H,19,20,21). The lowest BCUT2D eigenvalue weighted by molar-refractivity contribution is 0.216. The highest BCUT2D eigenvalue weighted by atomic mass is 32.2. The van der Waals surface area contributed by atoms with E-state index in [1.807, 2.05) is 12.1 Å². The summed E-state index contributed by atoms with van der Waals surface area (Å²) in [5, 5.41) is 11.5. The maximum atomic E-state index is 10.7. The molecule has 0 bridgehead atoms. The lowest BCUT2D eigenvalue weighted by atomic mass is 10.2. The largest absolute Gasteiger partial charge is 0.396 e. The molecule has 1 aliphatic heterocycles. The number of piperazine rings is 1. The number of nitrogens with one attached hydrogen (secondary N) is 1. The molecule has 0 atom stereocenters. The summed E-state index contributed by atoms with van der Waals surface area (Å²) < 4.78 is 30.1. The fraction of sp³-hybridized carbons (Fsp3) is 0.571. The summed E-state index contributed by atoms with van der Waals surface area (Å²) in [6.07, 6.45) is 0.814. The van der Waals surface area contributed by atoms with Gasteiger partial charge in [-0.15, -0.1) is 0 Å². The fourth-order valence-electron chi connectivity index (χ4n) is 2.49. The van der Waals surface area contributed by atoms with Gasteiger partial charge >= 0.3 is 0 Å². The number of nitrogens with zero attached hydrogens (tertiary/aromatic N) is 2. The molecule has 0 aliphatic carbocycles. The van der Waals surface area contributed by atoms with Gasteiger partial charge in [0.1, 0.15) is 5.88 Å². The average molecular weight is 329 g/mol. The number of anilines is 2. The second-order valence-corrected chi connectivity index (χ2v) is 6.81. The zero-order valence-electron chi connectivity index (χ0n) is 12.5. The summed E-state index contributed by atoms with van der Waals surface area (Å²) in [6, 6.07) is 7.49. The molecule has 1 heterocycles. The van der Waals surface area contributed by atoms with Crippen LogP contribution in [0.25, 0.3) is 0 Å². The van der Waals surface area contributed by atoms with Crippen LogP contribution < -0.4 is 10.2 Å². The molecule has 2 rings (SSSR count). The topological polar surface area (TPSA) is 93.1 Å².